The number of aromatic nitrogens is 4. The molecule has 0 aliphatic carbocycles. The molecule has 1 atom stereocenters. The molecule has 0 fully saturated rings. The maximum Gasteiger partial charge on any atom is 0.418 e. The second-order valence-electron chi connectivity index (χ2n) is 6.09. The molecule has 0 radical (unpaired) electrons. The van der Waals surface area contributed by atoms with Crippen LogP contribution >= 0.6 is 22.9 Å². The van der Waals surface area contributed by atoms with Gasteiger partial charge in [0.15, 0.2) is 0 Å². The predicted molar refractivity (Wildman–Crippen MR) is 107 cm³/mol. The number of halogens is 4. The highest BCUT2D eigenvalue weighted by atomic mass is 35.5. The first-order valence-corrected chi connectivity index (χ1v) is 9.62. The number of thiazole rings is 1. The number of nitrogen functional groups attached to an aromatic ring is 1. The van der Waals surface area contributed by atoms with Gasteiger partial charge in [-0.05, 0) is 13.0 Å². The number of amides is 2. The SMILES string of the molecule is CC(NC(=O)c1cc(N)ncn1)c1ncc(C(=O)Nc2cc(C(F)(F)F)c(Cl)cn2)s1. The smallest absolute Gasteiger partial charge is 0.384 e. The molecule has 2 amide bonds. The first kappa shape index (κ1) is 22.4. The van der Waals surface area contributed by atoms with Crippen LogP contribution in [0.3, 0.4) is 0 Å². The van der Waals surface area contributed by atoms with Crippen LogP contribution in [0.4, 0.5) is 24.8 Å². The third-order valence-corrected chi connectivity index (χ3v) is 5.27. The number of rotatable bonds is 5. The summed E-state index contributed by atoms with van der Waals surface area (Å²) in [5.41, 5.74) is 4.46. The first-order valence-electron chi connectivity index (χ1n) is 8.43. The molecule has 162 valence electrons. The minimum Gasteiger partial charge on any atom is -0.384 e. The highest BCUT2D eigenvalue weighted by Crippen LogP contribution is 2.35. The van der Waals surface area contributed by atoms with E-state index in [0.717, 1.165) is 23.9 Å². The number of nitrogens with two attached hydrogens (primary N) is 1. The fourth-order valence-corrected chi connectivity index (χ4v) is 3.35. The molecule has 0 aliphatic heterocycles. The summed E-state index contributed by atoms with van der Waals surface area (Å²) in [4.78, 5) is 40.0. The Kier molecular flexibility index (Phi) is 6.36. The molecule has 0 bridgehead atoms. The molecule has 3 rings (SSSR count). The number of carbonyl (C=O) groups excluding carboxylic acids is 2. The molecule has 3 heterocycles. The van der Waals surface area contributed by atoms with Crippen molar-refractivity contribution in [2.75, 3.05) is 11.1 Å². The van der Waals surface area contributed by atoms with Gasteiger partial charge in [-0.1, -0.05) is 11.6 Å². The number of hydrogen-bond donors (Lipinski definition) is 3. The molecule has 3 aromatic heterocycles. The van der Waals surface area contributed by atoms with Gasteiger partial charge in [-0.3, -0.25) is 9.59 Å². The van der Waals surface area contributed by atoms with Gasteiger partial charge in [0.1, 0.15) is 33.5 Å². The van der Waals surface area contributed by atoms with Gasteiger partial charge in [0.25, 0.3) is 11.8 Å². The third-order valence-electron chi connectivity index (χ3n) is 3.79. The largest absolute Gasteiger partial charge is 0.418 e. The maximum absolute atomic E-state index is 12.9. The van der Waals surface area contributed by atoms with Gasteiger partial charge in [-0.25, -0.2) is 19.9 Å². The minimum atomic E-state index is -4.70. The third kappa shape index (κ3) is 5.44. The van der Waals surface area contributed by atoms with Crippen molar-refractivity contribution in [3.05, 3.63) is 57.0 Å². The molecule has 1 unspecified atom stereocenters. The second kappa shape index (κ2) is 8.81. The van der Waals surface area contributed by atoms with Gasteiger partial charge in [-0.2, -0.15) is 13.2 Å². The van der Waals surface area contributed by atoms with Crippen molar-refractivity contribution in [3.8, 4) is 0 Å². The number of alkyl halides is 3. The standard InChI is InChI=1S/C17H13ClF3N7O2S/c1-7(27-14(29)10-3-12(22)26-6-25-10)16-24-5-11(31-16)15(30)28-13-2-8(17(19,20)21)9(18)4-23-13/h2-7H,1H3,(H,27,29)(H2,22,25,26)(H,23,28,30). The second-order valence-corrected chi connectivity index (χ2v) is 7.56. The van der Waals surface area contributed by atoms with E-state index in [1.54, 1.807) is 6.92 Å². The molecule has 0 saturated carbocycles. The van der Waals surface area contributed by atoms with Crippen molar-refractivity contribution >= 4 is 46.4 Å². The molecule has 0 spiro atoms. The average molecular weight is 472 g/mol. The lowest BCUT2D eigenvalue weighted by Crippen LogP contribution is -2.27. The van der Waals surface area contributed by atoms with E-state index < -0.39 is 34.6 Å². The monoisotopic (exact) mass is 471 g/mol. The predicted octanol–water partition coefficient (Wildman–Crippen LogP) is 3.33. The lowest BCUT2D eigenvalue weighted by molar-refractivity contribution is -0.137. The Hall–Kier alpha value is -3.32. The van der Waals surface area contributed by atoms with Crippen molar-refractivity contribution in [2.24, 2.45) is 0 Å². The topological polar surface area (TPSA) is 136 Å². The van der Waals surface area contributed by atoms with Gasteiger partial charge in [0.05, 0.1) is 22.8 Å². The molecular formula is C17H13ClF3N7O2S. The van der Waals surface area contributed by atoms with Gasteiger partial charge >= 0.3 is 6.18 Å². The zero-order chi connectivity index (χ0) is 22.8. The van der Waals surface area contributed by atoms with E-state index in [-0.39, 0.29) is 22.2 Å². The lowest BCUT2D eigenvalue weighted by atomic mass is 10.2. The number of pyridine rings is 1. The van der Waals surface area contributed by atoms with E-state index in [1.165, 1.54) is 12.3 Å². The fraction of sp³-hybridized carbons (Fsp3) is 0.176. The van der Waals surface area contributed by atoms with Gasteiger partial charge in [0, 0.05) is 12.3 Å². The molecular weight excluding hydrogens is 459 g/mol. The van der Waals surface area contributed by atoms with Crippen molar-refractivity contribution in [1.29, 1.82) is 0 Å². The van der Waals surface area contributed by atoms with Crippen molar-refractivity contribution in [2.45, 2.75) is 19.1 Å². The zero-order valence-electron chi connectivity index (χ0n) is 15.6. The number of nitrogens with zero attached hydrogens (tertiary/aromatic N) is 4. The Morgan fingerprint density at radius 2 is 1.87 bits per heavy atom. The first-order chi connectivity index (χ1) is 14.5. The summed E-state index contributed by atoms with van der Waals surface area (Å²) in [6.45, 7) is 1.64. The van der Waals surface area contributed by atoms with E-state index in [4.69, 9.17) is 17.3 Å². The molecule has 0 aliphatic rings. The number of carbonyl (C=O) groups is 2. The summed E-state index contributed by atoms with van der Waals surface area (Å²) in [5, 5.41) is 4.72. The van der Waals surface area contributed by atoms with Crippen LogP contribution in [0.5, 0.6) is 0 Å². The molecule has 14 heteroatoms. The Morgan fingerprint density at radius 3 is 2.55 bits per heavy atom. The van der Waals surface area contributed by atoms with E-state index in [1.807, 2.05) is 0 Å². The highest BCUT2D eigenvalue weighted by molar-refractivity contribution is 7.13. The normalized spacial score (nSPS) is 12.3. The number of anilines is 2. The minimum absolute atomic E-state index is 0.0585. The molecule has 4 N–H and O–H groups in total. The average Bonchev–Trinajstić information content (AvgIpc) is 3.19. The summed E-state index contributed by atoms with van der Waals surface area (Å²) >= 11 is 6.46. The summed E-state index contributed by atoms with van der Waals surface area (Å²) < 4.78 is 38.8. The molecule has 31 heavy (non-hydrogen) atoms. The summed E-state index contributed by atoms with van der Waals surface area (Å²) in [5.74, 6) is -1.42. The van der Waals surface area contributed by atoms with Crippen LogP contribution in [-0.4, -0.2) is 31.8 Å². The van der Waals surface area contributed by atoms with Crippen LogP contribution < -0.4 is 16.4 Å². The van der Waals surface area contributed by atoms with E-state index >= 15 is 0 Å². The Morgan fingerprint density at radius 1 is 1.13 bits per heavy atom. The fourth-order valence-electron chi connectivity index (χ4n) is 2.32. The van der Waals surface area contributed by atoms with E-state index in [2.05, 4.69) is 30.6 Å². The van der Waals surface area contributed by atoms with Gasteiger partial charge in [0.2, 0.25) is 0 Å². The van der Waals surface area contributed by atoms with Crippen LogP contribution in [0.25, 0.3) is 0 Å². The Bertz CT molecular complexity index is 1140. The van der Waals surface area contributed by atoms with Crippen molar-refractivity contribution < 1.29 is 22.8 Å². The van der Waals surface area contributed by atoms with Crippen LogP contribution in [0, 0.1) is 0 Å². The maximum atomic E-state index is 12.9. The van der Waals surface area contributed by atoms with Crippen LogP contribution in [0.1, 0.15) is 43.7 Å². The quantitative estimate of drug-likeness (QED) is 0.519. The van der Waals surface area contributed by atoms with Gasteiger partial charge in [-0.15, -0.1) is 11.3 Å². The molecule has 3 aromatic rings. The summed E-state index contributed by atoms with van der Waals surface area (Å²) in [6.07, 6.45) is -1.51. The molecule has 9 nitrogen and oxygen atoms in total. The summed E-state index contributed by atoms with van der Waals surface area (Å²) in [7, 11) is 0. The van der Waals surface area contributed by atoms with Crippen molar-refractivity contribution in [3.63, 3.8) is 0 Å². The Balaban J connectivity index is 1.69. The Labute approximate surface area is 181 Å². The van der Waals surface area contributed by atoms with Crippen LogP contribution in [0.15, 0.2) is 30.9 Å². The van der Waals surface area contributed by atoms with Crippen molar-refractivity contribution in [1.82, 2.24) is 25.3 Å². The van der Waals surface area contributed by atoms with E-state index in [9.17, 15) is 22.8 Å². The molecule has 0 saturated heterocycles. The van der Waals surface area contributed by atoms with Crippen LogP contribution in [0.2, 0.25) is 5.02 Å². The van der Waals surface area contributed by atoms with E-state index in [0.29, 0.717) is 11.1 Å². The van der Waals surface area contributed by atoms with Crippen LogP contribution in [-0.2, 0) is 6.18 Å². The molecule has 0 aromatic carbocycles. The zero-order valence-corrected chi connectivity index (χ0v) is 17.1. The number of nitrogens with one attached hydrogen (secondary N) is 2. The van der Waals surface area contributed by atoms with Gasteiger partial charge < -0.3 is 16.4 Å². The summed E-state index contributed by atoms with van der Waals surface area (Å²) in [6, 6.07) is 1.36. The highest BCUT2D eigenvalue weighted by Gasteiger charge is 2.34. The lowest BCUT2D eigenvalue weighted by Gasteiger charge is -2.11. The number of hydrogen-bond acceptors (Lipinski definition) is 8.